The molecule has 11 rings (SSSR count). The van der Waals surface area contributed by atoms with Crippen molar-refractivity contribution in [1.29, 1.82) is 0 Å². The Morgan fingerprint density at radius 1 is 0.684 bits per heavy atom. The summed E-state index contributed by atoms with van der Waals surface area (Å²) in [5, 5.41) is 5.15. The Morgan fingerprint density at radius 3 is 2.05 bits per heavy atom. The molecule has 0 spiro atoms. The van der Waals surface area contributed by atoms with E-state index < -0.39 is 7.14 Å². The highest BCUT2D eigenvalue weighted by atomic mass is 127. The number of hydrogen-bond donors (Lipinski definition) is 0. The van der Waals surface area contributed by atoms with Gasteiger partial charge in [0, 0.05) is 50.3 Å². The highest BCUT2D eigenvalue weighted by Gasteiger charge is 2.41. The molecule has 1 aromatic heterocycles. The molecule has 3 heterocycles. The van der Waals surface area contributed by atoms with Crippen LogP contribution in [0.1, 0.15) is 36.2 Å². The Morgan fingerprint density at radius 2 is 1.32 bits per heavy atom. The molecule has 0 saturated carbocycles. The smallest absolute Gasteiger partial charge is 0.172 e. The van der Waals surface area contributed by atoms with E-state index in [9.17, 15) is 0 Å². The summed E-state index contributed by atoms with van der Waals surface area (Å²) in [6.45, 7) is 5.58. The average molecular weight is 869 g/mol. The molecule has 4 atom stereocenters. The first-order valence-electron chi connectivity index (χ1n) is 20.2. The van der Waals surface area contributed by atoms with Crippen LogP contribution < -0.4 is 20.8 Å². The van der Waals surface area contributed by atoms with E-state index in [2.05, 4.69) is 179 Å². The lowest BCUT2D eigenvalue weighted by Crippen LogP contribution is -2.25. The van der Waals surface area contributed by atoms with Crippen LogP contribution in [0.15, 0.2) is 186 Å². The minimum absolute atomic E-state index is 0.185. The second-order valence-corrected chi connectivity index (χ2v) is 20.0. The maximum atomic E-state index is 15.8. The van der Waals surface area contributed by atoms with Gasteiger partial charge >= 0.3 is 0 Å². The molecule has 7 aromatic rings. The van der Waals surface area contributed by atoms with Crippen LogP contribution in [-0.2, 0) is 4.57 Å². The third-order valence-corrected chi connectivity index (χ3v) is 17.3. The molecule has 0 saturated heterocycles. The van der Waals surface area contributed by atoms with Gasteiger partial charge in [-0.1, -0.05) is 151 Å². The zero-order valence-electron chi connectivity index (χ0n) is 32.1. The fourth-order valence-electron chi connectivity index (χ4n) is 10.2. The number of para-hydroxylation sites is 3. The first kappa shape index (κ1) is 35.0. The van der Waals surface area contributed by atoms with Crippen LogP contribution in [0.25, 0.3) is 38.6 Å². The van der Waals surface area contributed by atoms with Crippen molar-refractivity contribution in [3.05, 3.63) is 192 Å². The second kappa shape index (κ2) is 13.5. The maximum Gasteiger partial charge on any atom is 0.172 e. The minimum atomic E-state index is -3.16. The monoisotopic (exact) mass is 868 g/mol. The first-order valence-corrected chi connectivity index (χ1v) is 23.1. The Labute approximate surface area is 348 Å². The van der Waals surface area contributed by atoms with Crippen molar-refractivity contribution >= 4 is 78.8 Å². The summed E-state index contributed by atoms with van der Waals surface area (Å²) in [6, 6.07) is 49.6. The van der Waals surface area contributed by atoms with Gasteiger partial charge in [0.05, 0.1) is 15.0 Å². The molecule has 2 aliphatic carbocycles. The zero-order chi connectivity index (χ0) is 38.4. The van der Waals surface area contributed by atoms with Crippen molar-refractivity contribution in [2.45, 2.75) is 30.6 Å². The van der Waals surface area contributed by atoms with Gasteiger partial charge in [-0.3, -0.25) is 0 Å². The van der Waals surface area contributed by atoms with Crippen LogP contribution in [0.2, 0.25) is 0 Å². The van der Waals surface area contributed by atoms with E-state index in [1.54, 1.807) is 5.57 Å². The van der Waals surface area contributed by atoms with Gasteiger partial charge < -0.3 is 14.0 Å². The number of aromatic nitrogens is 1. The third kappa shape index (κ3) is 5.26. The fraction of sp³-hybridized carbons (Fsp3) is 0.154. The van der Waals surface area contributed by atoms with Crippen molar-refractivity contribution in [3.63, 3.8) is 0 Å². The molecule has 0 fully saturated rings. The summed E-state index contributed by atoms with van der Waals surface area (Å²) in [7, 11) is -3.16. The molecule has 57 heavy (non-hydrogen) atoms. The Bertz CT molecular complexity index is 2930. The topological polar surface area (TPSA) is 25.2 Å². The van der Waals surface area contributed by atoms with Gasteiger partial charge in [-0.15, -0.1) is 0 Å². The summed E-state index contributed by atoms with van der Waals surface area (Å²) >= 11 is 2.65. The normalized spacial score (nSPS) is 22.4. The SMILES string of the molecule is CC1C2=CCN(c3ccc4c(c3)-c3cc(-n5c6ccccc6c6ccccc65)ccc3P4(=O)c3ccccc3)c3ccccc3C(I)C=C2C2=C(CCC=C2)C1C. The van der Waals surface area contributed by atoms with Crippen molar-refractivity contribution in [3.8, 4) is 16.8 Å². The molecule has 6 aromatic carbocycles. The molecule has 3 nitrogen and oxygen atoms in total. The number of allylic oxidation sites excluding steroid dienone is 7. The van der Waals surface area contributed by atoms with Crippen LogP contribution in [0, 0.1) is 11.8 Å². The predicted molar refractivity (Wildman–Crippen MR) is 249 cm³/mol. The second-order valence-electron chi connectivity index (χ2n) is 16.0. The van der Waals surface area contributed by atoms with Crippen LogP contribution in [0.4, 0.5) is 11.4 Å². The van der Waals surface area contributed by atoms with Gasteiger partial charge in [0.2, 0.25) is 0 Å². The minimum Gasteiger partial charge on any atom is -0.337 e. The maximum absolute atomic E-state index is 15.8. The Hall–Kier alpha value is -5.16. The van der Waals surface area contributed by atoms with Crippen molar-refractivity contribution in [2.24, 2.45) is 11.8 Å². The van der Waals surface area contributed by atoms with Gasteiger partial charge in [-0.25, -0.2) is 0 Å². The molecule has 0 N–H and O–H groups in total. The highest BCUT2D eigenvalue weighted by molar-refractivity contribution is 14.1. The number of alkyl halides is 1. The number of nitrogens with zero attached hydrogens (tertiary/aromatic N) is 2. The van der Waals surface area contributed by atoms with E-state index in [1.807, 2.05) is 30.3 Å². The highest BCUT2D eigenvalue weighted by Crippen LogP contribution is 2.54. The van der Waals surface area contributed by atoms with Crippen molar-refractivity contribution in [2.75, 3.05) is 11.4 Å². The molecular formula is C52H42IN2OP. The van der Waals surface area contributed by atoms with E-state index in [1.165, 1.54) is 38.7 Å². The van der Waals surface area contributed by atoms with Gasteiger partial charge in [0.25, 0.3) is 0 Å². The summed E-state index contributed by atoms with van der Waals surface area (Å²) in [5.74, 6) is 0.932. The van der Waals surface area contributed by atoms with E-state index >= 15 is 4.57 Å². The Kier molecular flexibility index (Phi) is 8.28. The van der Waals surface area contributed by atoms with Gasteiger partial charge in [0.1, 0.15) is 0 Å². The lowest BCUT2D eigenvalue weighted by atomic mass is 9.68. The third-order valence-electron chi connectivity index (χ3n) is 13.1. The van der Waals surface area contributed by atoms with Crippen LogP contribution in [0.3, 0.4) is 0 Å². The molecule has 0 radical (unpaired) electrons. The molecular weight excluding hydrogens is 826 g/mol. The fourth-order valence-corrected chi connectivity index (χ4v) is 14.1. The number of anilines is 2. The molecule has 4 aliphatic rings. The zero-order valence-corrected chi connectivity index (χ0v) is 35.1. The van der Waals surface area contributed by atoms with Gasteiger partial charge in [-0.05, 0) is 113 Å². The molecule has 2 aliphatic heterocycles. The molecule has 278 valence electrons. The van der Waals surface area contributed by atoms with Crippen LogP contribution in [-0.4, -0.2) is 11.1 Å². The summed E-state index contributed by atoms with van der Waals surface area (Å²) < 4.78 is 18.4. The number of hydrogen-bond acceptors (Lipinski definition) is 2. The van der Waals surface area contributed by atoms with E-state index in [4.69, 9.17) is 0 Å². The Balaban J connectivity index is 1.11. The molecule has 0 amide bonds. The number of fused-ring (bicyclic) bond motifs is 9. The summed E-state index contributed by atoms with van der Waals surface area (Å²) in [4.78, 5) is 2.49. The lowest BCUT2D eigenvalue weighted by molar-refractivity contribution is 0.475. The largest absolute Gasteiger partial charge is 0.337 e. The quantitative estimate of drug-likeness (QED) is 0.100. The average Bonchev–Trinajstić information content (AvgIpc) is 3.75. The number of rotatable bonds is 3. The van der Waals surface area contributed by atoms with Crippen LogP contribution >= 0.6 is 29.7 Å². The summed E-state index contributed by atoms with van der Waals surface area (Å²) in [6.07, 6.45) is 12.1. The molecule has 4 unspecified atom stereocenters. The van der Waals surface area contributed by atoms with Crippen molar-refractivity contribution in [1.82, 2.24) is 4.57 Å². The van der Waals surface area contributed by atoms with E-state index in [-0.39, 0.29) is 3.92 Å². The first-order chi connectivity index (χ1) is 27.9. The van der Waals surface area contributed by atoms with E-state index in [0.29, 0.717) is 11.8 Å². The molecule has 0 bridgehead atoms. The number of halogens is 1. The van der Waals surface area contributed by atoms with Crippen LogP contribution in [0.5, 0.6) is 0 Å². The summed E-state index contributed by atoms with van der Waals surface area (Å²) in [5.41, 5.74) is 15.0. The van der Waals surface area contributed by atoms with Crippen molar-refractivity contribution < 1.29 is 4.57 Å². The lowest BCUT2D eigenvalue weighted by Gasteiger charge is -2.37. The molecule has 5 heteroatoms. The standard InChI is InChI=1S/C52H42IN2OP/c1-33-34(2)39-28-29-54(48-21-11-10-20-43(48)47(53)32-44(39)40-17-7-6-16-38(33)40)35-24-26-51-45(30-35)46-31-36(25-27-52(46)57(51,56)37-14-4-3-5-15-37)55-49-22-12-8-18-41(49)42-19-9-13-23-50(42)55/h3-5,7-15,17-28,30-34,47H,6,16,29H2,1-2H3. The van der Waals surface area contributed by atoms with Gasteiger partial charge in [0.15, 0.2) is 7.14 Å². The number of benzene rings is 6. The van der Waals surface area contributed by atoms with Gasteiger partial charge in [-0.2, -0.15) is 0 Å². The predicted octanol–water partition coefficient (Wildman–Crippen LogP) is 12.8. The van der Waals surface area contributed by atoms with E-state index in [0.717, 1.165) is 68.8 Å².